The summed E-state index contributed by atoms with van der Waals surface area (Å²) in [6.07, 6.45) is 2.70. The fraction of sp³-hybridized carbons (Fsp3) is 0.318. The van der Waals surface area contributed by atoms with Gasteiger partial charge in [0.05, 0.1) is 18.4 Å². The predicted molar refractivity (Wildman–Crippen MR) is 108 cm³/mol. The number of morpholine rings is 1. The fourth-order valence-corrected chi connectivity index (χ4v) is 4.19. The van der Waals surface area contributed by atoms with Crippen molar-refractivity contribution in [2.24, 2.45) is 0 Å². The van der Waals surface area contributed by atoms with Gasteiger partial charge in [0.15, 0.2) is 0 Å². The number of carbonyl (C=O) groups is 1. The summed E-state index contributed by atoms with van der Waals surface area (Å²) in [5.41, 5.74) is 3.07. The van der Waals surface area contributed by atoms with Crippen LogP contribution in [0.2, 0.25) is 0 Å². The Kier molecular flexibility index (Phi) is 4.83. The third-order valence-corrected chi connectivity index (χ3v) is 5.67. The molecule has 5 rings (SSSR count). The van der Waals surface area contributed by atoms with Crippen LogP contribution in [0.15, 0.2) is 60.8 Å². The highest BCUT2D eigenvalue weighted by Gasteiger charge is 2.38. The summed E-state index contributed by atoms with van der Waals surface area (Å²) in [6, 6.07) is 18.1. The van der Waals surface area contributed by atoms with Gasteiger partial charge in [-0.1, -0.05) is 36.4 Å². The molecule has 3 atom stereocenters. The number of rotatable bonds is 4. The zero-order chi connectivity index (χ0) is 19.6. The van der Waals surface area contributed by atoms with E-state index in [9.17, 15) is 4.79 Å². The average Bonchev–Trinajstić information content (AvgIpc) is 3.41. The molecule has 2 fully saturated rings. The molecular weight excluding hydrogens is 366 g/mol. The number of H-pyrrole nitrogens is 1. The quantitative estimate of drug-likeness (QED) is 0.716. The zero-order valence-electron chi connectivity index (χ0n) is 16.0. The largest absolute Gasteiger partial charge is 0.371 e. The van der Waals surface area contributed by atoms with E-state index >= 15 is 0 Å². The molecule has 1 aromatic carbocycles. The molecular formula is C22H23N5O2. The van der Waals surface area contributed by atoms with Crippen molar-refractivity contribution in [3.63, 3.8) is 0 Å². The topological polar surface area (TPSA) is 83.1 Å². The first kappa shape index (κ1) is 18.0. The molecule has 29 heavy (non-hydrogen) atoms. The van der Waals surface area contributed by atoms with E-state index < -0.39 is 0 Å². The number of hydrogen-bond acceptors (Lipinski definition) is 5. The Balaban J connectivity index is 1.20. The molecule has 0 radical (unpaired) electrons. The van der Waals surface area contributed by atoms with Crippen molar-refractivity contribution in [2.45, 2.75) is 24.6 Å². The molecule has 2 aliphatic heterocycles. The van der Waals surface area contributed by atoms with Gasteiger partial charge in [0, 0.05) is 31.4 Å². The van der Waals surface area contributed by atoms with E-state index in [1.165, 1.54) is 5.56 Å². The number of fused-ring (bicyclic) bond motifs is 1. The molecule has 2 aromatic heterocycles. The Morgan fingerprint density at radius 3 is 2.79 bits per heavy atom. The van der Waals surface area contributed by atoms with Crippen molar-refractivity contribution in [1.29, 1.82) is 0 Å². The monoisotopic (exact) mass is 389 g/mol. The summed E-state index contributed by atoms with van der Waals surface area (Å²) in [4.78, 5) is 19.4. The summed E-state index contributed by atoms with van der Waals surface area (Å²) in [7, 11) is 0. The van der Waals surface area contributed by atoms with Crippen molar-refractivity contribution in [2.75, 3.05) is 19.7 Å². The highest BCUT2D eigenvalue weighted by atomic mass is 16.5. The summed E-state index contributed by atoms with van der Waals surface area (Å²) < 4.78 is 6.09. The molecule has 0 unspecified atom stereocenters. The van der Waals surface area contributed by atoms with Crippen molar-refractivity contribution in [3.05, 3.63) is 72.1 Å². The van der Waals surface area contributed by atoms with Crippen LogP contribution in [0.3, 0.4) is 0 Å². The Morgan fingerprint density at radius 2 is 1.97 bits per heavy atom. The molecule has 7 nitrogen and oxygen atoms in total. The lowest BCUT2D eigenvalue weighted by molar-refractivity contribution is -0.0502. The van der Waals surface area contributed by atoms with E-state index in [-0.39, 0.29) is 18.1 Å². The minimum Gasteiger partial charge on any atom is -0.371 e. The summed E-state index contributed by atoms with van der Waals surface area (Å²) >= 11 is 0. The molecule has 2 aliphatic rings. The van der Waals surface area contributed by atoms with Gasteiger partial charge in [-0.3, -0.25) is 19.8 Å². The molecule has 0 saturated carbocycles. The minimum absolute atomic E-state index is 0.0930. The van der Waals surface area contributed by atoms with Crippen LogP contribution in [0, 0.1) is 0 Å². The second-order valence-corrected chi connectivity index (χ2v) is 7.63. The maximum Gasteiger partial charge on any atom is 0.269 e. The van der Waals surface area contributed by atoms with E-state index in [1.807, 2.05) is 36.4 Å². The van der Waals surface area contributed by atoms with Crippen LogP contribution in [0.1, 0.15) is 28.6 Å². The maximum absolute atomic E-state index is 12.7. The Morgan fingerprint density at radius 1 is 1.10 bits per heavy atom. The number of ether oxygens (including phenoxy) is 1. The summed E-state index contributed by atoms with van der Waals surface area (Å²) in [5.74, 6) is -0.134. The predicted octanol–water partition coefficient (Wildman–Crippen LogP) is 2.42. The van der Waals surface area contributed by atoms with E-state index in [0.717, 1.165) is 25.2 Å². The van der Waals surface area contributed by atoms with Crippen molar-refractivity contribution < 1.29 is 9.53 Å². The Labute approximate surface area is 169 Å². The van der Waals surface area contributed by atoms with Gasteiger partial charge < -0.3 is 10.1 Å². The number of amides is 1. The maximum atomic E-state index is 12.7. The molecule has 2 saturated heterocycles. The van der Waals surface area contributed by atoms with Gasteiger partial charge in [-0.2, -0.15) is 5.10 Å². The van der Waals surface area contributed by atoms with Crippen LogP contribution >= 0.6 is 0 Å². The van der Waals surface area contributed by atoms with Gasteiger partial charge in [0.25, 0.3) is 5.91 Å². The first-order valence-electron chi connectivity index (χ1n) is 9.94. The van der Waals surface area contributed by atoms with E-state index in [2.05, 4.69) is 37.5 Å². The molecule has 0 bridgehead atoms. The van der Waals surface area contributed by atoms with Crippen LogP contribution < -0.4 is 5.32 Å². The highest BCUT2D eigenvalue weighted by molar-refractivity contribution is 5.93. The van der Waals surface area contributed by atoms with Gasteiger partial charge in [-0.25, -0.2) is 0 Å². The third kappa shape index (κ3) is 3.79. The first-order chi connectivity index (χ1) is 14.3. The number of benzene rings is 1. The Hall–Kier alpha value is -3.03. The second-order valence-electron chi connectivity index (χ2n) is 7.63. The van der Waals surface area contributed by atoms with Crippen molar-refractivity contribution >= 4 is 5.91 Å². The lowest BCUT2D eigenvalue weighted by atomic mass is 10.1. The van der Waals surface area contributed by atoms with Crippen LogP contribution in [0.4, 0.5) is 0 Å². The molecule has 3 aromatic rings. The van der Waals surface area contributed by atoms with Gasteiger partial charge in [0.1, 0.15) is 11.4 Å². The molecule has 2 N–H and O–H groups in total. The Bertz CT molecular complexity index is 975. The van der Waals surface area contributed by atoms with Crippen molar-refractivity contribution in [1.82, 2.24) is 25.4 Å². The van der Waals surface area contributed by atoms with E-state index in [1.54, 1.807) is 12.3 Å². The molecule has 148 valence electrons. The first-order valence-corrected chi connectivity index (χ1v) is 9.94. The normalized spacial score (nSPS) is 24.2. The number of hydrogen-bond donors (Lipinski definition) is 2. The second kappa shape index (κ2) is 7.77. The van der Waals surface area contributed by atoms with Crippen LogP contribution in [-0.4, -0.2) is 57.8 Å². The van der Waals surface area contributed by atoms with Crippen LogP contribution in [0.25, 0.3) is 11.4 Å². The number of nitrogens with one attached hydrogen (secondary N) is 2. The fourth-order valence-electron chi connectivity index (χ4n) is 4.19. The average molecular weight is 389 g/mol. The molecule has 0 aliphatic carbocycles. The highest BCUT2D eigenvalue weighted by Crippen LogP contribution is 2.30. The molecule has 7 heteroatoms. The zero-order valence-corrected chi connectivity index (χ0v) is 16.0. The lowest BCUT2D eigenvalue weighted by Crippen LogP contribution is -2.43. The summed E-state index contributed by atoms with van der Waals surface area (Å²) in [6.45, 7) is 2.39. The number of carbonyl (C=O) groups excluding carboxylic acids is 1. The van der Waals surface area contributed by atoms with Gasteiger partial charge in [-0.15, -0.1) is 0 Å². The number of pyridine rings is 1. The van der Waals surface area contributed by atoms with Gasteiger partial charge >= 0.3 is 0 Å². The third-order valence-electron chi connectivity index (χ3n) is 5.67. The van der Waals surface area contributed by atoms with E-state index in [0.29, 0.717) is 24.0 Å². The number of nitrogens with zero attached hydrogens (tertiary/aromatic N) is 3. The van der Waals surface area contributed by atoms with Crippen LogP contribution in [0.5, 0.6) is 0 Å². The minimum atomic E-state index is -0.134. The van der Waals surface area contributed by atoms with E-state index in [4.69, 9.17) is 4.74 Å². The molecule has 4 heterocycles. The standard InChI is InChI=1S/C22H23N5O2/c28-22(20-11-19(25-26-20)18-8-4-5-9-23-18)24-16-10-17-14-29-21(13-27(17)12-16)15-6-2-1-3-7-15/h1-9,11,16-17,21H,10,12-14H2,(H,24,28)(H,25,26)/t16-,17-,21+/m0/s1. The lowest BCUT2D eigenvalue weighted by Gasteiger charge is -2.35. The SMILES string of the molecule is O=C(N[C@H]1C[C@H]2CO[C@@H](c3ccccc3)CN2C1)c1cc(-c2ccccn2)n[nH]1. The number of aromatic amines is 1. The summed E-state index contributed by atoms with van der Waals surface area (Å²) in [5, 5.41) is 10.2. The van der Waals surface area contributed by atoms with Crippen molar-refractivity contribution in [3.8, 4) is 11.4 Å². The van der Waals surface area contributed by atoms with Gasteiger partial charge in [0.2, 0.25) is 0 Å². The molecule has 1 amide bonds. The van der Waals surface area contributed by atoms with Gasteiger partial charge in [-0.05, 0) is 30.2 Å². The van der Waals surface area contributed by atoms with Crippen LogP contribution in [-0.2, 0) is 4.74 Å². The smallest absolute Gasteiger partial charge is 0.269 e. The molecule has 0 spiro atoms. The number of aromatic nitrogens is 3.